The summed E-state index contributed by atoms with van der Waals surface area (Å²) in [4.78, 5) is 12.9. The van der Waals surface area contributed by atoms with E-state index >= 15 is 0 Å². The third-order valence-corrected chi connectivity index (χ3v) is 6.22. The van der Waals surface area contributed by atoms with Gasteiger partial charge in [0.2, 0.25) is 0 Å². The number of pyridine rings is 1. The van der Waals surface area contributed by atoms with Crippen LogP contribution in [0.25, 0.3) is 17.0 Å². The number of ether oxygens (including phenoxy) is 1. The number of hydrogen-bond donors (Lipinski definition) is 1. The highest BCUT2D eigenvalue weighted by Gasteiger charge is 2.22. The molecule has 4 rings (SSSR count). The minimum atomic E-state index is -0.346. The number of aromatic nitrogens is 1. The fourth-order valence-electron chi connectivity index (χ4n) is 4.71. The van der Waals surface area contributed by atoms with Gasteiger partial charge in [-0.05, 0) is 43.9 Å². The maximum atomic E-state index is 14.9. The summed E-state index contributed by atoms with van der Waals surface area (Å²) >= 11 is 0. The molecule has 2 fully saturated rings. The number of rotatable bonds is 5. The molecule has 0 unspecified atom stereocenters. The first-order valence-electron chi connectivity index (χ1n) is 10.5. The van der Waals surface area contributed by atoms with Crippen LogP contribution in [0.1, 0.15) is 69.4 Å². The second-order valence-electron chi connectivity index (χ2n) is 8.13. The second-order valence-corrected chi connectivity index (χ2v) is 8.13. The number of benzene rings is 1. The van der Waals surface area contributed by atoms with Gasteiger partial charge in [0, 0.05) is 29.2 Å². The van der Waals surface area contributed by atoms with E-state index in [9.17, 15) is 9.18 Å². The lowest BCUT2D eigenvalue weighted by molar-refractivity contribution is 0.341. The lowest BCUT2D eigenvalue weighted by atomic mass is 9.95. The molecule has 4 nitrogen and oxygen atoms in total. The molecule has 5 heteroatoms. The Balaban J connectivity index is 1.82. The zero-order chi connectivity index (χ0) is 19.5. The van der Waals surface area contributed by atoms with Gasteiger partial charge in [-0.3, -0.25) is 4.79 Å². The lowest BCUT2D eigenvalue weighted by Gasteiger charge is -2.25. The van der Waals surface area contributed by atoms with Gasteiger partial charge in [-0.25, -0.2) is 4.39 Å². The van der Waals surface area contributed by atoms with Crippen molar-refractivity contribution in [2.24, 2.45) is 0 Å². The SMILES string of the molecule is COC=Cc1cn(C2CCCC2)c2cc(NC3CCCCC3)c(F)cc2c1=O. The number of fused-ring (bicyclic) bond motifs is 1. The Morgan fingerprint density at radius 1 is 1.11 bits per heavy atom. The standard InChI is InChI=1S/C23H29FN2O2/c1-28-12-11-16-15-26(18-9-5-6-10-18)22-14-21(20(24)13-19(22)23(16)27)25-17-7-3-2-4-8-17/h11-15,17-18,25H,2-10H2,1H3. The van der Waals surface area contributed by atoms with Crippen molar-refractivity contribution in [3.63, 3.8) is 0 Å². The Kier molecular flexibility index (Phi) is 5.69. The van der Waals surface area contributed by atoms with Crippen LogP contribution in [0.3, 0.4) is 0 Å². The van der Waals surface area contributed by atoms with Crippen LogP contribution in [0.4, 0.5) is 10.1 Å². The highest BCUT2D eigenvalue weighted by atomic mass is 19.1. The molecular formula is C23H29FN2O2. The number of halogens is 1. The summed E-state index contributed by atoms with van der Waals surface area (Å²) in [7, 11) is 1.55. The van der Waals surface area contributed by atoms with Crippen molar-refractivity contribution in [1.82, 2.24) is 4.57 Å². The summed E-state index contributed by atoms with van der Waals surface area (Å²) < 4.78 is 22.1. The van der Waals surface area contributed by atoms with E-state index in [1.165, 1.54) is 44.4 Å². The van der Waals surface area contributed by atoms with Crippen LogP contribution in [0.15, 0.2) is 29.4 Å². The van der Waals surface area contributed by atoms with Crippen molar-refractivity contribution < 1.29 is 9.13 Å². The summed E-state index contributed by atoms with van der Waals surface area (Å²) in [6, 6.07) is 3.93. The van der Waals surface area contributed by atoms with E-state index in [-0.39, 0.29) is 11.2 Å². The van der Waals surface area contributed by atoms with E-state index < -0.39 is 0 Å². The fourth-order valence-corrected chi connectivity index (χ4v) is 4.71. The molecule has 0 spiro atoms. The molecule has 0 aliphatic heterocycles. The monoisotopic (exact) mass is 384 g/mol. The van der Waals surface area contributed by atoms with E-state index in [1.807, 2.05) is 12.3 Å². The Morgan fingerprint density at radius 2 is 1.82 bits per heavy atom. The third-order valence-electron chi connectivity index (χ3n) is 6.22. The summed E-state index contributed by atoms with van der Waals surface area (Å²) in [5, 5.41) is 3.84. The minimum absolute atomic E-state index is 0.152. The first kappa shape index (κ1) is 19.0. The fraction of sp³-hybridized carbons (Fsp3) is 0.522. The van der Waals surface area contributed by atoms with E-state index in [1.54, 1.807) is 13.2 Å². The Labute approximate surface area is 165 Å². The first-order chi connectivity index (χ1) is 13.7. The zero-order valence-electron chi connectivity index (χ0n) is 16.5. The first-order valence-corrected chi connectivity index (χ1v) is 10.5. The van der Waals surface area contributed by atoms with Gasteiger partial charge in [0.1, 0.15) is 5.82 Å². The van der Waals surface area contributed by atoms with Gasteiger partial charge in [0.15, 0.2) is 5.43 Å². The Bertz CT molecular complexity index is 922. The smallest absolute Gasteiger partial charge is 0.196 e. The average molecular weight is 384 g/mol. The molecule has 28 heavy (non-hydrogen) atoms. The Morgan fingerprint density at radius 3 is 2.54 bits per heavy atom. The molecular weight excluding hydrogens is 355 g/mol. The van der Waals surface area contributed by atoms with Crippen molar-refractivity contribution in [2.45, 2.75) is 69.9 Å². The van der Waals surface area contributed by atoms with Crippen LogP contribution < -0.4 is 10.7 Å². The van der Waals surface area contributed by atoms with Crippen LogP contribution >= 0.6 is 0 Å². The van der Waals surface area contributed by atoms with Crippen molar-refractivity contribution in [3.05, 3.63) is 46.2 Å². The van der Waals surface area contributed by atoms with E-state index in [0.717, 1.165) is 31.2 Å². The number of nitrogens with one attached hydrogen (secondary N) is 1. The maximum Gasteiger partial charge on any atom is 0.196 e. The highest BCUT2D eigenvalue weighted by molar-refractivity contribution is 5.85. The third kappa shape index (κ3) is 3.80. The van der Waals surface area contributed by atoms with Gasteiger partial charge in [0.25, 0.3) is 0 Å². The van der Waals surface area contributed by atoms with Crippen LogP contribution in [-0.2, 0) is 4.74 Å². The van der Waals surface area contributed by atoms with Gasteiger partial charge in [-0.2, -0.15) is 0 Å². The van der Waals surface area contributed by atoms with Crippen molar-refractivity contribution >= 4 is 22.7 Å². The summed E-state index contributed by atoms with van der Waals surface area (Å²) in [5.74, 6) is -0.346. The van der Waals surface area contributed by atoms with Crippen LogP contribution in [0, 0.1) is 5.82 Å². The summed E-state index contributed by atoms with van der Waals surface area (Å²) in [6.07, 6.45) is 15.4. The van der Waals surface area contributed by atoms with Crippen molar-refractivity contribution in [1.29, 1.82) is 0 Å². The van der Waals surface area contributed by atoms with Gasteiger partial charge in [-0.15, -0.1) is 0 Å². The van der Waals surface area contributed by atoms with E-state index in [0.29, 0.717) is 28.7 Å². The van der Waals surface area contributed by atoms with Gasteiger partial charge >= 0.3 is 0 Å². The molecule has 0 radical (unpaired) electrons. The molecule has 150 valence electrons. The topological polar surface area (TPSA) is 43.3 Å². The molecule has 1 heterocycles. The molecule has 0 bridgehead atoms. The maximum absolute atomic E-state index is 14.9. The predicted octanol–water partition coefficient (Wildman–Crippen LogP) is 5.62. The summed E-state index contributed by atoms with van der Waals surface area (Å²) in [5.41, 5.74) is 1.73. The summed E-state index contributed by atoms with van der Waals surface area (Å²) in [6.45, 7) is 0. The average Bonchev–Trinajstić information content (AvgIpc) is 3.24. The molecule has 0 atom stereocenters. The van der Waals surface area contributed by atoms with Crippen molar-refractivity contribution in [3.8, 4) is 0 Å². The molecule has 2 aliphatic carbocycles. The van der Waals surface area contributed by atoms with E-state index in [4.69, 9.17) is 4.74 Å². The van der Waals surface area contributed by atoms with Gasteiger partial charge < -0.3 is 14.6 Å². The molecule has 1 aromatic heterocycles. The largest absolute Gasteiger partial charge is 0.504 e. The number of methoxy groups -OCH3 is 1. The number of anilines is 1. The molecule has 2 saturated carbocycles. The van der Waals surface area contributed by atoms with E-state index in [2.05, 4.69) is 9.88 Å². The van der Waals surface area contributed by atoms with Crippen LogP contribution in [0.5, 0.6) is 0 Å². The number of nitrogens with zero attached hydrogens (tertiary/aromatic N) is 1. The highest BCUT2D eigenvalue weighted by Crippen LogP contribution is 2.34. The minimum Gasteiger partial charge on any atom is -0.504 e. The van der Waals surface area contributed by atoms with Crippen molar-refractivity contribution in [2.75, 3.05) is 12.4 Å². The molecule has 1 N–H and O–H groups in total. The molecule has 0 amide bonds. The molecule has 1 aromatic carbocycles. The zero-order valence-corrected chi connectivity index (χ0v) is 16.5. The van der Waals surface area contributed by atoms with Gasteiger partial charge in [-0.1, -0.05) is 32.1 Å². The lowest BCUT2D eigenvalue weighted by Crippen LogP contribution is -2.23. The molecule has 2 aromatic rings. The molecule has 2 aliphatic rings. The normalized spacial score (nSPS) is 18.9. The Hall–Kier alpha value is -2.30. The molecule has 0 saturated heterocycles. The second kappa shape index (κ2) is 8.38. The van der Waals surface area contributed by atoms with Gasteiger partial charge in [0.05, 0.1) is 24.6 Å². The quantitative estimate of drug-likeness (QED) is 0.681. The predicted molar refractivity (Wildman–Crippen MR) is 112 cm³/mol. The van der Waals surface area contributed by atoms with Crippen LogP contribution in [0.2, 0.25) is 0 Å². The number of hydrogen-bond acceptors (Lipinski definition) is 3. The van der Waals surface area contributed by atoms with Crippen LogP contribution in [-0.4, -0.2) is 17.7 Å².